The van der Waals surface area contributed by atoms with Crippen molar-refractivity contribution in [2.75, 3.05) is 5.32 Å². The van der Waals surface area contributed by atoms with E-state index in [-0.39, 0.29) is 34.3 Å². The van der Waals surface area contributed by atoms with Crippen LogP contribution in [0.1, 0.15) is 29.5 Å². The van der Waals surface area contributed by atoms with Gasteiger partial charge in [0.25, 0.3) is 5.69 Å². The summed E-state index contributed by atoms with van der Waals surface area (Å²) in [6, 6.07) is 6.45. The SMILES string of the molecule is O=[N+]([O-])c1cc([C@@H]2Nc3c(F)cc(F)cc3[C@@H]3C=CC[C@@H]32)ccc1Cl. The second-order valence-corrected chi connectivity index (χ2v) is 6.70. The van der Waals surface area contributed by atoms with Crippen molar-refractivity contribution in [1.29, 1.82) is 0 Å². The number of nitro benzene ring substituents is 1. The van der Waals surface area contributed by atoms with Gasteiger partial charge in [-0.3, -0.25) is 10.1 Å². The maximum atomic E-state index is 14.3. The van der Waals surface area contributed by atoms with Crippen molar-refractivity contribution in [3.8, 4) is 0 Å². The predicted molar refractivity (Wildman–Crippen MR) is 90.8 cm³/mol. The van der Waals surface area contributed by atoms with E-state index < -0.39 is 16.6 Å². The minimum absolute atomic E-state index is 0.0227. The third-order valence-electron chi connectivity index (χ3n) is 4.91. The van der Waals surface area contributed by atoms with Gasteiger partial charge in [0.15, 0.2) is 0 Å². The molecule has 0 spiro atoms. The Labute approximate surface area is 147 Å². The molecule has 0 bridgehead atoms. The molecule has 0 unspecified atom stereocenters. The molecule has 128 valence electrons. The molecular weight excluding hydrogens is 350 g/mol. The fraction of sp³-hybridized carbons (Fsp3) is 0.222. The van der Waals surface area contributed by atoms with Crippen molar-refractivity contribution in [2.24, 2.45) is 5.92 Å². The number of benzene rings is 2. The number of halogens is 3. The van der Waals surface area contributed by atoms with Gasteiger partial charge in [-0.1, -0.05) is 29.8 Å². The molecule has 2 aromatic rings. The van der Waals surface area contributed by atoms with Crippen LogP contribution in [0.3, 0.4) is 0 Å². The summed E-state index contributed by atoms with van der Waals surface area (Å²) in [4.78, 5) is 10.6. The van der Waals surface area contributed by atoms with Crippen LogP contribution in [0.25, 0.3) is 0 Å². The average Bonchev–Trinajstić information content (AvgIpc) is 3.04. The summed E-state index contributed by atoms with van der Waals surface area (Å²) in [6.45, 7) is 0. The molecule has 0 fully saturated rings. The summed E-state index contributed by atoms with van der Waals surface area (Å²) in [5.41, 5.74) is 1.30. The summed E-state index contributed by atoms with van der Waals surface area (Å²) in [5, 5.41) is 14.3. The topological polar surface area (TPSA) is 55.2 Å². The van der Waals surface area contributed by atoms with E-state index in [2.05, 4.69) is 5.32 Å². The predicted octanol–water partition coefficient (Wildman–Crippen LogP) is 5.35. The van der Waals surface area contributed by atoms with Gasteiger partial charge in [-0.05, 0) is 35.6 Å². The highest BCUT2D eigenvalue weighted by atomic mass is 35.5. The van der Waals surface area contributed by atoms with Gasteiger partial charge < -0.3 is 5.32 Å². The highest BCUT2D eigenvalue weighted by Gasteiger charge is 2.39. The Morgan fingerprint density at radius 2 is 2.04 bits per heavy atom. The zero-order valence-electron chi connectivity index (χ0n) is 12.9. The van der Waals surface area contributed by atoms with E-state index in [4.69, 9.17) is 11.6 Å². The molecule has 1 N–H and O–H groups in total. The van der Waals surface area contributed by atoms with Crippen LogP contribution in [0.5, 0.6) is 0 Å². The molecule has 0 radical (unpaired) electrons. The average molecular weight is 363 g/mol. The lowest BCUT2D eigenvalue weighted by Crippen LogP contribution is -2.30. The fourth-order valence-corrected chi connectivity index (χ4v) is 4.00. The molecule has 25 heavy (non-hydrogen) atoms. The molecule has 1 heterocycles. The molecule has 0 aromatic heterocycles. The Balaban J connectivity index is 1.82. The van der Waals surface area contributed by atoms with Crippen molar-refractivity contribution in [3.63, 3.8) is 0 Å². The fourth-order valence-electron chi connectivity index (χ4n) is 3.81. The van der Waals surface area contributed by atoms with E-state index in [0.717, 1.165) is 12.5 Å². The van der Waals surface area contributed by atoms with Gasteiger partial charge >= 0.3 is 0 Å². The quantitative estimate of drug-likeness (QED) is 0.445. The monoisotopic (exact) mass is 362 g/mol. The number of nitro groups is 1. The van der Waals surface area contributed by atoms with Crippen LogP contribution in [0.2, 0.25) is 5.02 Å². The summed E-state index contributed by atoms with van der Waals surface area (Å²) < 4.78 is 27.9. The van der Waals surface area contributed by atoms with Crippen LogP contribution >= 0.6 is 11.6 Å². The summed E-state index contributed by atoms with van der Waals surface area (Å²) in [5.74, 6) is -1.39. The highest BCUT2D eigenvalue weighted by Crippen LogP contribution is 2.51. The van der Waals surface area contributed by atoms with Gasteiger partial charge in [-0.15, -0.1) is 0 Å². The van der Waals surface area contributed by atoms with Gasteiger partial charge in [-0.25, -0.2) is 8.78 Å². The number of hydrogen-bond acceptors (Lipinski definition) is 3. The van der Waals surface area contributed by atoms with E-state index >= 15 is 0 Å². The largest absolute Gasteiger partial charge is 0.375 e. The van der Waals surface area contributed by atoms with Crippen LogP contribution < -0.4 is 5.32 Å². The summed E-state index contributed by atoms with van der Waals surface area (Å²) >= 11 is 5.89. The lowest BCUT2D eigenvalue weighted by Gasteiger charge is -2.37. The normalized spacial score (nSPS) is 23.7. The number of nitrogens with one attached hydrogen (secondary N) is 1. The Hall–Kier alpha value is -2.47. The van der Waals surface area contributed by atoms with E-state index in [1.54, 1.807) is 6.07 Å². The molecular formula is C18H13ClF2N2O2. The first-order valence-electron chi connectivity index (χ1n) is 7.81. The third-order valence-corrected chi connectivity index (χ3v) is 5.23. The first kappa shape index (κ1) is 16.0. The van der Waals surface area contributed by atoms with Crippen molar-refractivity contribution in [3.05, 3.63) is 80.4 Å². The zero-order valence-corrected chi connectivity index (χ0v) is 13.6. The molecule has 0 saturated carbocycles. The molecule has 2 aromatic carbocycles. The Bertz CT molecular complexity index is 916. The van der Waals surface area contributed by atoms with Gasteiger partial charge in [-0.2, -0.15) is 0 Å². The smallest absolute Gasteiger partial charge is 0.288 e. The Morgan fingerprint density at radius 1 is 1.24 bits per heavy atom. The second kappa shape index (κ2) is 5.81. The summed E-state index contributed by atoms with van der Waals surface area (Å²) in [7, 11) is 0. The van der Waals surface area contributed by atoms with E-state index in [1.807, 2.05) is 12.2 Å². The summed E-state index contributed by atoms with van der Waals surface area (Å²) in [6.07, 6.45) is 4.64. The van der Waals surface area contributed by atoms with E-state index in [1.165, 1.54) is 18.2 Å². The number of hydrogen-bond donors (Lipinski definition) is 1. The maximum Gasteiger partial charge on any atom is 0.288 e. The number of fused-ring (bicyclic) bond motifs is 3. The Kier molecular flexibility index (Phi) is 3.72. The molecule has 1 aliphatic heterocycles. The van der Waals surface area contributed by atoms with Crippen LogP contribution in [-0.2, 0) is 0 Å². The van der Waals surface area contributed by atoms with E-state index in [9.17, 15) is 18.9 Å². The van der Waals surface area contributed by atoms with Crippen molar-refractivity contribution in [2.45, 2.75) is 18.4 Å². The molecule has 0 amide bonds. The van der Waals surface area contributed by atoms with Crippen LogP contribution in [0.15, 0.2) is 42.5 Å². The number of rotatable bonds is 2. The minimum Gasteiger partial charge on any atom is -0.375 e. The lowest BCUT2D eigenvalue weighted by molar-refractivity contribution is -0.384. The first-order valence-corrected chi connectivity index (χ1v) is 8.19. The molecule has 4 rings (SSSR count). The van der Waals surface area contributed by atoms with Crippen molar-refractivity contribution >= 4 is 23.0 Å². The standard InChI is InChI=1S/C18H13ClF2N2O2/c19-14-5-4-9(6-16(14)23(24)25)17-12-3-1-2-11(12)13-7-10(20)8-15(21)18(13)22-17/h1-2,4-8,11-12,17,22H,3H2/t11-,12+,17+/m1/s1. The van der Waals surface area contributed by atoms with Crippen LogP contribution in [-0.4, -0.2) is 4.92 Å². The van der Waals surface area contributed by atoms with Gasteiger partial charge in [0.2, 0.25) is 0 Å². The van der Waals surface area contributed by atoms with Crippen molar-refractivity contribution in [1.82, 2.24) is 0 Å². The van der Waals surface area contributed by atoms with Crippen LogP contribution in [0, 0.1) is 27.7 Å². The second-order valence-electron chi connectivity index (χ2n) is 6.30. The van der Waals surface area contributed by atoms with Crippen LogP contribution in [0.4, 0.5) is 20.2 Å². The number of anilines is 1. The molecule has 4 nitrogen and oxygen atoms in total. The third kappa shape index (κ3) is 2.57. The minimum atomic E-state index is -0.665. The number of nitrogens with zero attached hydrogens (tertiary/aromatic N) is 1. The highest BCUT2D eigenvalue weighted by molar-refractivity contribution is 6.32. The molecule has 0 saturated heterocycles. The lowest BCUT2D eigenvalue weighted by atomic mass is 9.77. The van der Waals surface area contributed by atoms with E-state index in [0.29, 0.717) is 11.1 Å². The molecule has 2 aliphatic rings. The zero-order chi connectivity index (χ0) is 17.7. The van der Waals surface area contributed by atoms with Gasteiger partial charge in [0, 0.05) is 18.1 Å². The number of allylic oxidation sites excluding steroid dienone is 2. The molecule has 7 heteroatoms. The maximum absolute atomic E-state index is 14.3. The molecule has 3 atom stereocenters. The Morgan fingerprint density at radius 3 is 2.80 bits per heavy atom. The van der Waals surface area contributed by atoms with Crippen molar-refractivity contribution < 1.29 is 13.7 Å². The van der Waals surface area contributed by atoms with Gasteiger partial charge in [0.05, 0.1) is 16.7 Å². The molecule has 1 aliphatic carbocycles. The van der Waals surface area contributed by atoms with Gasteiger partial charge in [0.1, 0.15) is 16.7 Å². The first-order chi connectivity index (χ1) is 12.0.